The second-order valence-electron chi connectivity index (χ2n) is 4.72. The van der Waals surface area contributed by atoms with E-state index < -0.39 is 11.8 Å². The number of carbonyl (C=O) groups is 2. The molecule has 0 bridgehead atoms. The highest BCUT2D eigenvalue weighted by atomic mass is 35.5. The van der Waals surface area contributed by atoms with Crippen molar-refractivity contribution in [1.82, 2.24) is 5.43 Å². The topological polar surface area (TPSA) is 89.0 Å². The average Bonchev–Trinajstić information content (AvgIpc) is 2.63. The van der Waals surface area contributed by atoms with Crippen LogP contribution in [0, 0.1) is 0 Å². The predicted molar refractivity (Wildman–Crippen MR) is 95.4 cm³/mol. The Morgan fingerprint density at radius 3 is 2.48 bits per heavy atom. The molecule has 2 aromatic carbocycles. The van der Waals surface area contributed by atoms with Crippen LogP contribution in [-0.4, -0.2) is 32.2 Å². The van der Waals surface area contributed by atoms with Crippen LogP contribution < -0.4 is 20.2 Å². The average molecular weight is 362 g/mol. The lowest BCUT2D eigenvalue weighted by Crippen LogP contribution is -2.32. The van der Waals surface area contributed by atoms with Gasteiger partial charge in [0.25, 0.3) is 0 Å². The number of amides is 2. The predicted octanol–water partition coefficient (Wildman–Crippen LogP) is 2.45. The molecule has 0 saturated carbocycles. The summed E-state index contributed by atoms with van der Waals surface area (Å²) >= 11 is 5.92. The third kappa shape index (κ3) is 4.71. The van der Waals surface area contributed by atoms with Gasteiger partial charge in [0.15, 0.2) is 11.5 Å². The summed E-state index contributed by atoms with van der Waals surface area (Å²) in [5.74, 6) is -0.835. The van der Waals surface area contributed by atoms with Crippen molar-refractivity contribution in [2.45, 2.75) is 0 Å². The molecule has 8 heteroatoms. The monoisotopic (exact) mass is 361 g/mol. The van der Waals surface area contributed by atoms with Crippen molar-refractivity contribution >= 4 is 35.3 Å². The van der Waals surface area contributed by atoms with E-state index in [2.05, 4.69) is 15.8 Å². The van der Waals surface area contributed by atoms with Crippen molar-refractivity contribution < 1.29 is 19.1 Å². The van der Waals surface area contributed by atoms with Crippen molar-refractivity contribution in [2.75, 3.05) is 19.5 Å². The zero-order chi connectivity index (χ0) is 18.2. The Morgan fingerprint density at radius 1 is 1.04 bits per heavy atom. The fourth-order valence-electron chi connectivity index (χ4n) is 1.97. The first-order chi connectivity index (χ1) is 12.1. The first-order valence-corrected chi connectivity index (χ1v) is 7.54. The molecule has 0 heterocycles. The number of rotatable bonds is 5. The Hall–Kier alpha value is -3.06. The van der Waals surface area contributed by atoms with E-state index in [1.807, 2.05) is 0 Å². The highest BCUT2D eigenvalue weighted by molar-refractivity contribution is 6.41. The van der Waals surface area contributed by atoms with Gasteiger partial charge >= 0.3 is 11.8 Å². The molecule has 0 aliphatic rings. The summed E-state index contributed by atoms with van der Waals surface area (Å²) in [6.45, 7) is 0. The maximum Gasteiger partial charge on any atom is 0.329 e. The molecule has 0 fully saturated rings. The van der Waals surface area contributed by atoms with Crippen molar-refractivity contribution in [3.63, 3.8) is 0 Å². The first kappa shape index (κ1) is 18.3. The number of ether oxygens (including phenoxy) is 2. The Labute approximate surface area is 149 Å². The minimum absolute atomic E-state index is 0.327. The minimum Gasteiger partial charge on any atom is -0.493 e. The third-order valence-electron chi connectivity index (χ3n) is 3.13. The second kappa shape index (κ2) is 8.70. The maximum absolute atomic E-state index is 11.8. The number of benzene rings is 2. The highest BCUT2D eigenvalue weighted by Crippen LogP contribution is 2.29. The molecular weight excluding hydrogens is 346 g/mol. The van der Waals surface area contributed by atoms with E-state index in [1.54, 1.807) is 42.5 Å². The second-order valence-corrected chi connectivity index (χ2v) is 5.12. The molecule has 2 N–H and O–H groups in total. The van der Waals surface area contributed by atoms with Crippen LogP contribution >= 0.6 is 11.6 Å². The number of hydrogen-bond acceptors (Lipinski definition) is 5. The van der Waals surface area contributed by atoms with Crippen LogP contribution in [0.5, 0.6) is 11.5 Å². The summed E-state index contributed by atoms with van der Waals surface area (Å²) in [5.41, 5.74) is 3.05. The number of halogens is 1. The summed E-state index contributed by atoms with van der Waals surface area (Å²) in [7, 11) is 3.00. The Kier molecular flexibility index (Phi) is 6.36. The van der Waals surface area contributed by atoms with Crippen molar-refractivity contribution in [2.24, 2.45) is 5.10 Å². The molecule has 0 aromatic heterocycles. The van der Waals surface area contributed by atoms with E-state index in [0.717, 1.165) is 0 Å². The fourth-order valence-corrected chi connectivity index (χ4v) is 2.15. The van der Waals surface area contributed by atoms with Crippen molar-refractivity contribution in [3.05, 3.63) is 53.1 Å². The van der Waals surface area contributed by atoms with E-state index in [4.69, 9.17) is 21.1 Å². The number of para-hydroxylation sites is 2. The van der Waals surface area contributed by atoms with Gasteiger partial charge in [-0.2, -0.15) is 5.10 Å². The Balaban J connectivity index is 2.01. The number of hydrazone groups is 1. The zero-order valence-electron chi connectivity index (χ0n) is 13.6. The molecule has 0 aliphatic carbocycles. The van der Waals surface area contributed by atoms with Gasteiger partial charge in [0.2, 0.25) is 0 Å². The summed E-state index contributed by atoms with van der Waals surface area (Å²) in [6, 6.07) is 11.8. The minimum atomic E-state index is -0.932. The van der Waals surface area contributed by atoms with Gasteiger partial charge in [0.05, 0.1) is 31.1 Å². The van der Waals surface area contributed by atoms with Gasteiger partial charge in [0, 0.05) is 5.56 Å². The normalized spacial score (nSPS) is 10.4. The van der Waals surface area contributed by atoms with Crippen LogP contribution in [0.25, 0.3) is 0 Å². The maximum atomic E-state index is 11.8. The molecular formula is C17H16ClN3O4. The standard InChI is InChI=1S/C17H16ClN3O4/c1-24-14-9-5-6-11(15(14)25-2)10-19-21-17(23)16(22)20-13-8-4-3-7-12(13)18/h3-10H,1-2H3,(H,20,22)(H,21,23)/b19-10+. The lowest BCUT2D eigenvalue weighted by Gasteiger charge is -2.09. The fraction of sp³-hybridized carbons (Fsp3) is 0.118. The SMILES string of the molecule is COc1cccc(/C=N/NC(=O)C(=O)Nc2ccccc2Cl)c1OC. The van der Waals surface area contributed by atoms with E-state index in [1.165, 1.54) is 20.4 Å². The molecule has 0 unspecified atom stereocenters. The summed E-state index contributed by atoms with van der Waals surface area (Å²) in [6.07, 6.45) is 1.35. The first-order valence-electron chi connectivity index (χ1n) is 7.16. The van der Waals surface area contributed by atoms with Gasteiger partial charge in [-0.1, -0.05) is 29.8 Å². The lowest BCUT2D eigenvalue weighted by molar-refractivity contribution is -0.136. The van der Waals surface area contributed by atoms with Gasteiger partial charge in [-0.25, -0.2) is 5.43 Å². The van der Waals surface area contributed by atoms with E-state index in [-0.39, 0.29) is 0 Å². The molecule has 0 radical (unpaired) electrons. The number of anilines is 1. The highest BCUT2D eigenvalue weighted by Gasteiger charge is 2.14. The smallest absolute Gasteiger partial charge is 0.329 e. The Morgan fingerprint density at radius 2 is 1.80 bits per heavy atom. The van der Waals surface area contributed by atoms with E-state index in [9.17, 15) is 9.59 Å². The summed E-state index contributed by atoms with van der Waals surface area (Å²) < 4.78 is 10.4. The van der Waals surface area contributed by atoms with E-state index in [0.29, 0.717) is 27.8 Å². The molecule has 130 valence electrons. The molecule has 25 heavy (non-hydrogen) atoms. The van der Waals surface area contributed by atoms with Crippen LogP contribution in [0.15, 0.2) is 47.6 Å². The number of nitrogens with one attached hydrogen (secondary N) is 2. The summed E-state index contributed by atoms with van der Waals surface area (Å²) in [5, 5.41) is 6.48. The zero-order valence-corrected chi connectivity index (χ0v) is 14.3. The lowest BCUT2D eigenvalue weighted by atomic mass is 10.2. The molecule has 2 rings (SSSR count). The van der Waals surface area contributed by atoms with Gasteiger partial charge in [-0.3, -0.25) is 9.59 Å². The molecule has 2 amide bonds. The molecule has 0 aliphatic heterocycles. The van der Waals surface area contributed by atoms with Crippen LogP contribution in [0.4, 0.5) is 5.69 Å². The number of carbonyl (C=O) groups excluding carboxylic acids is 2. The van der Waals surface area contributed by atoms with Gasteiger partial charge in [0.1, 0.15) is 0 Å². The molecule has 2 aromatic rings. The molecule has 0 spiro atoms. The number of nitrogens with zero attached hydrogens (tertiary/aromatic N) is 1. The van der Waals surface area contributed by atoms with Crippen LogP contribution in [0.2, 0.25) is 5.02 Å². The number of hydrogen-bond donors (Lipinski definition) is 2. The largest absolute Gasteiger partial charge is 0.493 e. The van der Waals surface area contributed by atoms with Crippen molar-refractivity contribution in [3.8, 4) is 11.5 Å². The van der Waals surface area contributed by atoms with Gasteiger partial charge in [-0.05, 0) is 24.3 Å². The molecule has 7 nitrogen and oxygen atoms in total. The molecule has 0 atom stereocenters. The van der Waals surface area contributed by atoms with Crippen molar-refractivity contribution in [1.29, 1.82) is 0 Å². The molecule has 0 saturated heterocycles. The Bertz CT molecular complexity index is 808. The van der Waals surface area contributed by atoms with Gasteiger partial charge < -0.3 is 14.8 Å². The van der Waals surface area contributed by atoms with Crippen LogP contribution in [-0.2, 0) is 9.59 Å². The number of methoxy groups -OCH3 is 2. The van der Waals surface area contributed by atoms with Gasteiger partial charge in [-0.15, -0.1) is 0 Å². The third-order valence-corrected chi connectivity index (χ3v) is 3.46. The van der Waals surface area contributed by atoms with Crippen LogP contribution in [0.1, 0.15) is 5.56 Å². The van der Waals surface area contributed by atoms with E-state index >= 15 is 0 Å². The summed E-state index contributed by atoms with van der Waals surface area (Å²) in [4.78, 5) is 23.6. The van der Waals surface area contributed by atoms with Crippen LogP contribution in [0.3, 0.4) is 0 Å². The quantitative estimate of drug-likeness (QED) is 0.486.